The number of rotatable bonds is 9. The third-order valence-corrected chi connectivity index (χ3v) is 5.26. The Hall–Kier alpha value is -2.83. The molecule has 31 heavy (non-hydrogen) atoms. The summed E-state index contributed by atoms with van der Waals surface area (Å²) >= 11 is 0. The summed E-state index contributed by atoms with van der Waals surface area (Å²) in [7, 11) is 1.65. The Morgan fingerprint density at radius 3 is 2.39 bits per heavy atom. The molecule has 0 radical (unpaired) electrons. The van der Waals surface area contributed by atoms with Crippen LogP contribution in [0.5, 0.6) is 5.75 Å². The molecule has 0 bridgehead atoms. The first-order valence-corrected chi connectivity index (χ1v) is 10.7. The van der Waals surface area contributed by atoms with Gasteiger partial charge in [0, 0.05) is 37.6 Å². The average Bonchev–Trinajstić information content (AvgIpc) is 2.74. The second-order valence-electron chi connectivity index (χ2n) is 8.06. The molecule has 0 spiro atoms. The second-order valence-corrected chi connectivity index (χ2v) is 8.06. The number of nitrogens with one attached hydrogen (secondary N) is 1. The fourth-order valence-corrected chi connectivity index (χ4v) is 3.90. The highest BCUT2D eigenvalue weighted by atomic mass is 16.5. The van der Waals surface area contributed by atoms with Crippen LogP contribution in [0.25, 0.3) is 0 Å². The Bertz CT molecular complexity index is 841. The van der Waals surface area contributed by atoms with Gasteiger partial charge in [0.15, 0.2) is 0 Å². The topological polar surface area (TPSA) is 54.0 Å². The molecule has 0 saturated carbocycles. The van der Waals surface area contributed by atoms with Crippen molar-refractivity contribution in [2.24, 2.45) is 0 Å². The lowest BCUT2D eigenvalue weighted by atomic mass is 10.2. The Kier molecular flexibility index (Phi) is 8.09. The number of carbonyl (C=O) groups is 1. The van der Waals surface area contributed by atoms with Crippen LogP contribution in [-0.4, -0.2) is 56.3 Å². The lowest BCUT2D eigenvalue weighted by Crippen LogP contribution is -2.45. The van der Waals surface area contributed by atoms with E-state index in [1.807, 2.05) is 42.5 Å². The van der Waals surface area contributed by atoms with Crippen molar-refractivity contribution in [2.45, 2.75) is 32.6 Å². The zero-order valence-corrected chi connectivity index (χ0v) is 18.7. The highest BCUT2D eigenvalue weighted by Crippen LogP contribution is 2.22. The fourth-order valence-electron chi connectivity index (χ4n) is 3.90. The van der Waals surface area contributed by atoms with Gasteiger partial charge in [-0.15, -0.1) is 6.58 Å². The summed E-state index contributed by atoms with van der Waals surface area (Å²) in [6.45, 7) is 11.3. The standard InChI is InChI=1S/C25H33N3O3/c1-5-14-27(17-21-6-12-24(30-4)13-7-21)18-25(29)26-22-8-10-23(11-9-22)28-15-19(2)31-20(3)16-28/h5-13,19-20H,1,14-18H2,2-4H3,(H,26,29). The fraction of sp³-hybridized carbons (Fsp3) is 0.400. The maximum absolute atomic E-state index is 12.6. The van der Waals surface area contributed by atoms with E-state index in [1.165, 1.54) is 0 Å². The monoisotopic (exact) mass is 423 g/mol. The number of benzene rings is 2. The van der Waals surface area contributed by atoms with Gasteiger partial charge in [-0.05, 0) is 55.8 Å². The van der Waals surface area contributed by atoms with Crippen LogP contribution >= 0.6 is 0 Å². The Morgan fingerprint density at radius 2 is 1.81 bits per heavy atom. The number of amides is 1. The number of hydrogen-bond acceptors (Lipinski definition) is 5. The largest absolute Gasteiger partial charge is 0.497 e. The van der Waals surface area contributed by atoms with E-state index in [1.54, 1.807) is 7.11 Å². The first-order valence-electron chi connectivity index (χ1n) is 10.7. The van der Waals surface area contributed by atoms with Crippen LogP contribution in [0.1, 0.15) is 19.4 Å². The average molecular weight is 424 g/mol. The lowest BCUT2D eigenvalue weighted by molar-refractivity contribution is -0.117. The van der Waals surface area contributed by atoms with Gasteiger partial charge >= 0.3 is 0 Å². The van der Waals surface area contributed by atoms with Gasteiger partial charge in [-0.25, -0.2) is 0 Å². The Labute approximate surface area is 185 Å². The highest BCUT2D eigenvalue weighted by Gasteiger charge is 2.22. The van der Waals surface area contributed by atoms with E-state index >= 15 is 0 Å². The van der Waals surface area contributed by atoms with E-state index < -0.39 is 0 Å². The minimum Gasteiger partial charge on any atom is -0.497 e. The van der Waals surface area contributed by atoms with Crippen LogP contribution in [0.3, 0.4) is 0 Å². The molecular formula is C25H33N3O3. The van der Waals surface area contributed by atoms with Crippen LogP contribution in [0.15, 0.2) is 61.2 Å². The first kappa shape index (κ1) is 22.8. The molecule has 1 N–H and O–H groups in total. The third-order valence-electron chi connectivity index (χ3n) is 5.26. The number of morpholine rings is 1. The molecule has 2 unspecified atom stereocenters. The van der Waals surface area contributed by atoms with Crippen molar-refractivity contribution in [3.8, 4) is 5.75 Å². The minimum absolute atomic E-state index is 0.0447. The van der Waals surface area contributed by atoms with Gasteiger partial charge in [-0.1, -0.05) is 18.2 Å². The molecule has 6 heteroatoms. The summed E-state index contributed by atoms with van der Waals surface area (Å²) in [4.78, 5) is 17.0. The molecule has 1 saturated heterocycles. The van der Waals surface area contributed by atoms with E-state index in [4.69, 9.17) is 9.47 Å². The van der Waals surface area contributed by atoms with Gasteiger partial charge in [0.2, 0.25) is 5.91 Å². The van der Waals surface area contributed by atoms with Crippen LogP contribution < -0.4 is 15.0 Å². The number of hydrogen-bond donors (Lipinski definition) is 1. The SMILES string of the molecule is C=CCN(CC(=O)Nc1ccc(N2CC(C)OC(C)C2)cc1)Cc1ccc(OC)cc1. The molecule has 166 valence electrons. The molecule has 3 rings (SSSR count). The molecule has 1 aliphatic rings. The van der Waals surface area contributed by atoms with Crippen LogP contribution in [-0.2, 0) is 16.1 Å². The summed E-state index contributed by atoms with van der Waals surface area (Å²) in [5.74, 6) is 0.776. The van der Waals surface area contributed by atoms with Crippen molar-refractivity contribution >= 4 is 17.3 Å². The van der Waals surface area contributed by atoms with Gasteiger partial charge in [-0.3, -0.25) is 9.69 Å². The number of nitrogens with zero attached hydrogens (tertiary/aromatic N) is 2. The van der Waals surface area contributed by atoms with Crippen molar-refractivity contribution < 1.29 is 14.3 Å². The van der Waals surface area contributed by atoms with E-state index in [0.717, 1.165) is 35.8 Å². The van der Waals surface area contributed by atoms with E-state index in [-0.39, 0.29) is 24.7 Å². The summed E-state index contributed by atoms with van der Waals surface area (Å²) in [6, 6.07) is 15.9. The second kappa shape index (κ2) is 11.0. The summed E-state index contributed by atoms with van der Waals surface area (Å²) in [6.07, 6.45) is 2.24. The summed E-state index contributed by atoms with van der Waals surface area (Å²) in [5, 5.41) is 3.00. The number of methoxy groups -OCH3 is 1. The quantitative estimate of drug-likeness (QED) is 0.619. The van der Waals surface area contributed by atoms with Crippen molar-refractivity contribution in [3.05, 3.63) is 66.7 Å². The molecule has 2 aromatic rings. The van der Waals surface area contributed by atoms with Gasteiger partial charge < -0.3 is 19.7 Å². The van der Waals surface area contributed by atoms with Gasteiger partial charge in [-0.2, -0.15) is 0 Å². The molecule has 1 amide bonds. The van der Waals surface area contributed by atoms with Gasteiger partial charge in [0.25, 0.3) is 0 Å². The molecule has 1 heterocycles. The molecule has 0 aliphatic carbocycles. The first-order chi connectivity index (χ1) is 15.0. The van der Waals surface area contributed by atoms with Crippen LogP contribution in [0.4, 0.5) is 11.4 Å². The molecule has 0 aromatic heterocycles. The van der Waals surface area contributed by atoms with E-state index in [0.29, 0.717) is 13.1 Å². The molecule has 6 nitrogen and oxygen atoms in total. The zero-order chi connectivity index (χ0) is 22.2. The summed E-state index contributed by atoms with van der Waals surface area (Å²) in [5.41, 5.74) is 3.06. The number of anilines is 2. The number of carbonyl (C=O) groups excluding carboxylic acids is 1. The Morgan fingerprint density at radius 1 is 1.16 bits per heavy atom. The van der Waals surface area contributed by atoms with Gasteiger partial charge in [0.05, 0.1) is 25.9 Å². The highest BCUT2D eigenvalue weighted by molar-refractivity contribution is 5.92. The van der Waals surface area contributed by atoms with Crippen molar-refractivity contribution in [2.75, 3.05) is 43.5 Å². The molecule has 2 aromatic carbocycles. The predicted octanol–water partition coefficient (Wildman–Crippen LogP) is 3.94. The molecular weight excluding hydrogens is 390 g/mol. The van der Waals surface area contributed by atoms with E-state index in [2.05, 4.69) is 47.7 Å². The molecule has 1 aliphatic heterocycles. The van der Waals surface area contributed by atoms with Gasteiger partial charge in [0.1, 0.15) is 5.75 Å². The molecule has 1 fully saturated rings. The summed E-state index contributed by atoms with van der Waals surface area (Å²) < 4.78 is 11.0. The molecule has 2 atom stereocenters. The van der Waals surface area contributed by atoms with Crippen LogP contribution in [0, 0.1) is 0 Å². The maximum Gasteiger partial charge on any atom is 0.238 e. The van der Waals surface area contributed by atoms with Crippen molar-refractivity contribution in [1.29, 1.82) is 0 Å². The van der Waals surface area contributed by atoms with E-state index in [9.17, 15) is 4.79 Å². The van der Waals surface area contributed by atoms with Crippen molar-refractivity contribution in [3.63, 3.8) is 0 Å². The zero-order valence-electron chi connectivity index (χ0n) is 18.7. The number of ether oxygens (including phenoxy) is 2. The normalized spacial score (nSPS) is 18.6. The van der Waals surface area contributed by atoms with Crippen LogP contribution in [0.2, 0.25) is 0 Å². The third kappa shape index (κ3) is 6.84. The smallest absolute Gasteiger partial charge is 0.238 e. The predicted molar refractivity (Wildman–Crippen MR) is 126 cm³/mol. The Balaban J connectivity index is 1.55. The lowest BCUT2D eigenvalue weighted by Gasteiger charge is -2.36. The maximum atomic E-state index is 12.6. The van der Waals surface area contributed by atoms with Crippen molar-refractivity contribution in [1.82, 2.24) is 4.90 Å². The minimum atomic E-state index is -0.0447.